The van der Waals surface area contributed by atoms with E-state index in [-0.39, 0.29) is 11.8 Å². The molecule has 0 saturated carbocycles. The molecule has 2 aromatic carbocycles. The molecule has 26 heavy (non-hydrogen) atoms. The third kappa shape index (κ3) is 3.06. The fraction of sp³-hybridized carbons (Fsp3) is 0.250. The number of likely N-dealkylation sites (tertiary alicyclic amines) is 1. The van der Waals surface area contributed by atoms with Crippen LogP contribution in [0.5, 0.6) is 5.75 Å². The lowest BCUT2D eigenvalue weighted by Gasteiger charge is -2.37. The van der Waals surface area contributed by atoms with E-state index in [4.69, 9.17) is 9.26 Å². The maximum atomic E-state index is 12.7. The molecule has 6 nitrogen and oxygen atoms in total. The summed E-state index contributed by atoms with van der Waals surface area (Å²) in [6.45, 7) is 3.56. The molecule has 132 valence electrons. The second kappa shape index (κ2) is 7.00. The first-order chi connectivity index (χ1) is 12.8. The number of nitrogens with zero attached hydrogens (tertiary/aromatic N) is 3. The van der Waals surface area contributed by atoms with E-state index in [2.05, 4.69) is 10.1 Å². The molecule has 1 aliphatic rings. The van der Waals surface area contributed by atoms with E-state index < -0.39 is 0 Å². The van der Waals surface area contributed by atoms with Crippen molar-refractivity contribution in [3.63, 3.8) is 0 Å². The Balaban J connectivity index is 1.43. The minimum atomic E-state index is -0.0342. The van der Waals surface area contributed by atoms with Crippen molar-refractivity contribution in [2.75, 3.05) is 19.7 Å². The largest absolute Gasteiger partial charge is 0.493 e. The number of aromatic nitrogens is 2. The molecule has 3 aromatic rings. The van der Waals surface area contributed by atoms with E-state index in [1.807, 2.05) is 55.5 Å². The number of benzene rings is 2. The lowest BCUT2D eigenvalue weighted by molar-refractivity contribution is 0.0565. The van der Waals surface area contributed by atoms with Gasteiger partial charge < -0.3 is 14.2 Å². The summed E-state index contributed by atoms with van der Waals surface area (Å²) in [7, 11) is 0. The van der Waals surface area contributed by atoms with Gasteiger partial charge in [0.25, 0.3) is 5.91 Å². The van der Waals surface area contributed by atoms with Crippen molar-refractivity contribution in [3.8, 4) is 17.1 Å². The summed E-state index contributed by atoms with van der Waals surface area (Å²) in [6, 6.07) is 17.0. The maximum absolute atomic E-state index is 12.7. The van der Waals surface area contributed by atoms with Crippen molar-refractivity contribution >= 4 is 5.91 Å². The van der Waals surface area contributed by atoms with Gasteiger partial charge >= 0.3 is 0 Å². The Kier molecular flexibility index (Phi) is 4.39. The van der Waals surface area contributed by atoms with Crippen molar-refractivity contribution in [2.24, 2.45) is 0 Å². The molecule has 1 saturated heterocycles. The third-order valence-electron chi connectivity index (χ3n) is 4.41. The summed E-state index contributed by atoms with van der Waals surface area (Å²) in [5.74, 6) is 1.81. The quantitative estimate of drug-likeness (QED) is 0.706. The highest BCUT2D eigenvalue weighted by Crippen LogP contribution is 2.30. The maximum Gasteiger partial charge on any atom is 0.257 e. The molecule has 1 aliphatic heterocycles. The van der Waals surface area contributed by atoms with Gasteiger partial charge in [-0.25, -0.2) is 0 Å². The van der Waals surface area contributed by atoms with Crippen molar-refractivity contribution in [2.45, 2.75) is 12.8 Å². The van der Waals surface area contributed by atoms with E-state index in [0.29, 0.717) is 42.7 Å². The molecule has 4 rings (SSSR count). The number of carbonyl (C=O) groups excluding carboxylic acids is 1. The van der Waals surface area contributed by atoms with E-state index >= 15 is 0 Å². The van der Waals surface area contributed by atoms with Crippen LogP contribution in [0.15, 0.2) is 59.1 Å². The van der Waals surface area contributed by atoms with E-state index in [9.17, 15) is 4.79 Å². The number of rotatable bonds is 5. The fourth-order valence-electron chi connectivity index (χ4n) is 3.00. The number of hydrogen-bond acceptors (Lipinski definition) is 5. The molecule has 0 unspecified atom stereocenters. The van der Waals surface area contributed by atoms with Crippen molar-refractivity contribution in [1.29, 1.82) is 0 Å². The van der Waals surface area contributed by atoms with Gasteiger partial charge in [-0.2, -0.15) is 4.98 Å². The summed E-state index contributed by atoms with van der Waals surface area (Å²) in [6.07, 6.45) is 0. The zero-order chi connectivity index (χ0) is 17.9. The summed E-state index contributed by atoms with van der Waals surface area (Å²) in [4.78, 5) is 19.0. The average molecular weight is 349 g/mol. The normalized spacial score (nSPS) is 14.1. The zero-order valence-electron chi connectivity index (χ0n) is 14.5. The molecular formula is C20H19N3O3. The Bertz CT molecular complexity index is 901. The monoisotopic (exact) mass is 349 g/mol. The first kappa shape index (κ1) is 16.3. The predicted molar refractivity (Wildman–Crippen MR) is 96.0 cm³/mol. The van der Waals surface area contributed by atoms with E-state index in [1.54, 1.807) is 11.0 Å². The molecule has 2 heterocycles. The van der Waals surface area contributed by atoms with Gasteiger partial charge in [0.05, 0.1) is 18.1 Å². The molecule has 1 amide bonds. The average Bonchev–Trinajstić information content (AvgIpc) is 3.11. The van der Waals surface area contributed by atoms with Crippen molar-refractivity contribution < 1.29 is 14.1 Å². The van der Waals surface area contributed by atoms with E-state index in [1.165, 1.54) is 0 Å². The topological polar surface area (TPSA) is 68.5 Å². The smallest absolute Gasteiger partial charge is 0.257 e. The van der Waals surface area contributed by atoms with Crippen molar-refractivity contribution in [1.82, 2.24) is 15.0 Å². The Morgan fingerprint density at radius 1 is 1.15 bits per heavy atom. The molecular weight excluding hydrogens is 330 g/mol. The zero-order valence-corrected chi connectivity index (χ0v) is 14.5. The van der Waals surface area contributed by atoms with Gasteiger partial charge in [0, 0.05) is 18.7 Å². The summed E-state index contributed by atoms with van der Waals surface area (Å²) >= 11 is 0. The number of para-hydroxylation sites is 1. The van der Waals surface area contributed by atoms with Crippen LogP contribution in [-0.4, -0.2) is 40.6 Å². The molecule has 0 aliphatic carbocycles. The molecule has 0 N–H and O–H groups in total. The Morgan fingerprint density at radius 3 is 2.65 bits per heavy atom. The van der Waals surface area contributed by atoms with Crippen LogP contribution in [0.25, 0.3) is 11.4 Å². The first-order valence-electron chi connectivity index (χ1n) is 8.66. The number of carbonyl (C=O) groups is 1. The molecule has 0 spiro atoms. The van der Waals surface area contributed by atoms with Gasteiger partial charge in [-0.3, -0.25) is 4.79 Å². The molecule has 1 aromatic heterocycles. The summed E-state index contributed by atoms with van der Waals surface area (Å²) < 4.78 is 10.9. The number of amides is 1. The number of hydrogen-bond donors (Lipinski definition) is 0. The van der Waals surface area contributed by atoms with Gasteiger partial charge in [-0.1, -0.05) is 47.6 Å². The van der Waals surface area contributed by atoms with Crippen LogP contribution in [0.3, 0.4) is 0 Å². The van der Waals surface area contributed by atoms with Gasteiger partial charge in [0.1, 0.15) is 5.75 Å². The van der Waals surface area contributed by atoms with Gasteiger partial charge in [0.2, 0.25) is 11.7 Å². The standard InChI is InChI=1S/C20H19N3O3/c1-2-25-17-11-7-6-10-16(17)20(24)23-12-15(13-23)19-21-18(22-26-19)14-8-4-3-5-9-14/h3-11,15H,2,12-13H2,1H3. The fourth-order valence-corrected chi connectivity index (χ4v) is 3.00. The van der Waals surface area contributed by atoms with Crippen LogP contribution < -0.4 is 4.74 Å². The van der Waals surface area contributed by atoms with E-state index in [0.717, 1.165) is 5.56 Å². The van der Waals surface area contributed by atoms with Gasteiger partial charge in [-0.15, -0.1) is 0 Å². The molecule has 0 bridgehead atoms. The highest BCUT2D eigenvalue weighted by molar-refractivity contribution is 5.97. The van der Waals surface area contributed by atoms with Gasteiger partial charge in [-0.05, 0) is 19.1 Å². The lowest BCUT2D eigenvalue weighted by atomic mass is 9.98. The van der Waals surface area contributed by atoms with Crippen LogP contribution in [0.2, 0.25) is 0 Å². The molecule has 0 atom stereocenters. The number of ether oxygens (including phenoxy) is 1. The van der Waals surface area contributed by atoms with Crippen LogP contribution in [-0.2, 0) is 0 Å². The summed E-state index contributed by atoms with van der Waals surface area (Å²) in [5, 5.41) is 4.05. The van der Waals surface area contributed by atoms with Gasteiger partial charge in [0.15, 0.2) is 0 Å². The molecule has 0 radical (unpaired) electrons. The second-order valence-electron chi connectivity index (χ2n) is 6.16. The molecule has 6 heteroatoms. The minimum Gasteiger partial charge on any atom is -0.493 e. The Labute approximate surface area is 151 Å². The SMILES string of the molecule is CCOc1ccccc1C(=O)N1CC(c2nc(-c3ccccc3)no2)C1. The Morgan fingerprint density at radius 2 is 1.88 bits per heavy atom. The Hall–Kier alpha value is -3.15. The second-order valence-corrected chi connectivity index (χ2v) is 6.16. The van der Waals surface area contributed by atoms with Crippen LogP contribution in [0.1, 0.15) is 29.1 Å². The third-order valence-corrected chi connectivity index (χ3v) is 4.41. The van der Waals surface area contributed by atoms with Crippen LogP contribution in [0, 0.1) is 0 Å². The first-order valence-corrected chi connectivity index (χ1v) is 8.66. The minimum absolute atomic E-state index is 0.0342. The predicted octanol–water partition coefficient (Wildman–Crippen LogP) is 3.37. The summed E-state index contributed by atoms with van der Waals surface area (Å²) in [5.41, 5.74) is 1.50. The molecule has 1 fully saturated rings. The van der Waals surface area contributed by atoms with Crippen molar-refractivity contribution in [3.05, 3.63) is 66.1 Å². The van der Waals surface area contributed by atoms with Crippen LogP contribution >= 0.6 is 0 Å². The lowest BCUT2D eigenvalue weighted by Crippen LogP contribution is -2.48. The highest BCUT2D eigenvalue weighted by atomic mass is 16.5. The van der Waals surface area contributed by atoms with Crippen LogP contribution in [0.4, 0.5) is 0 Å². The highest BCUT2D eigenvalue weighted by Gasteiger charge is 2.36.